The minimum atomic E-state index is -1.19. The summed E-state index contributed by atoms with van der Waals surface area (Å²) in [6.45, 7) is 0. The van der Waals surface area contributed by atoms with E-state index in [0.717, 1.165) is 18.2 Å². The molecule has 21 heavy (non-hydrogen) atoms. The first-order valence-electron chi connectivity index (χ1n) is 5.71. The number of aromatic carboxylic acids is 1. The molecule has 108 valence electrons. The van der Waals surface area contributed by atoms with Gasteiger partial charge in [-0.1, -0.05) is 0 Å². The number of anilines is 1. The molecule has 0 saturated heterocycles. The van der Waals surface area contributed by atoms with Crippen molar-refractivity contribution in [3.8, 4) is 5.75 Å². The fourth-order valence-electron chi connectivity index (χ4n) is 1.69. The van der Waals surface area contributed by atoms with Gasteiger partial charge in [0.05, 0.1) is 16.8 Å². The Morgan fingerprint density at radius 3 is 2.43 bits per heavy atom. The lowest BCUT2D eigenvalue weighted by molar-refractivity contribution is 0.0698. The van der Waals surface area contributed by atoms with Crippen LogP contribution in [0.15, 0.2) is 36.4 Å². The molecule has 0 spiro atoms. The van der Waals surface area contributed by atoms with Crippen LogP contribution in [0.25, 0.3) is 0 Å². The average molecular weight is 401 g/mol. The summed E-state index contributed by atoms with van der Waals surface area (Å²) in [5.74, 6) is -3.11. The molecule has 0 aliphatic carbocycles. The van der Waals surface area contributed by atoms with E-state index in [2.05, 4.69) is 5.32 Å². The van der Waals surface area contributed by atoms with Gasteiger partial charge < -0.3 is 15.5 Å². The Morgan fingerprint density at radius 2 is 1.81 bits per heavy atom. The van der Waals surface area contributed by atoms with Crippen molar-refractivity contribution >= 4 is 40.2 Å². The molecule has 0 fully saturated rings. The number of hydrogen-bond donors (Lipinski definition) is 3. The van der Waals surface area contributed by atoms with E-state index < -0.39 is 23.4 Å². The summed E-state index contributed by atoms with van der Waals surface area (Å²) in [5, 5.41) is 21.0. The first kappa shape index (κ1) is 15.2. The number of halogens is 2. The number of rotatable bonds is 3. The second-order valence-electron chi connectivity index (χ2n) is 4.11. The number of hydrogen-bond acceptors (Lipinski definition) is 3. The highest BCUT2D eigenvalue weighted by Crippen LogP contribution is 2.23. The van der Waals surface area contributed by atoms with E-state index in [4.69, 9.17) is 5.11 Å². The maximum atomic E-state index is 12.9. The number of phenolic OH excluding ortho intramolecular Hbond substituents is 1. The van der Waals surface area contributed by atoms with Gasteiger partial charge in [0, 0.05) is 9.64 Å². The zero-order chi connectivity index (χ0) is 15.6. The molecule has 0 bridgehead atoms. The molecule has 0 heterocycles. The SMILES string of the molecule is O=C(Nc1ccc(I)cc1C(=O)O)c1ccc(F)cc1O. The van der Waals surface area contributed by atoms with E-state index in [1.165, 1.54) is 12.1 Å². The maximum absolute atomic E-state index is 12.9. The van der Waals surface area contributed by atoms with Crippen molar-refractivity contribution in [2.45, 2.75) is 0 Å². The molecule has 0 aliphatic heterocycles. The van der Waals surface area contributed by atoms with E-state index in [9.17, 15) is 19.1 Å². The van der Waals surface area contributed by atoms with E-state index in [1.807, 2.05) is 22.6 Å². The van der Waals surface area contributed by atoms with Crippen molar-refractivity contribution in [2.24, 2.45) is 0 Å². The molecule has 0 aliphatic rings. The standard InChI is InChI=1S/C14H9FINO4/c15-7-1-3-9(12(18)5-7)13(19)17-11-4-2-8(16)6-10(11)14(20)21/h1-6,18H,(H,17,19)(H,20,21). The monoisotopic (exact) mass is 401 g/mol. The predicted molar refractivity (Wildman–Crippen MR) is 82.1 cm³/mol. The van der Waals surface area contributed by atoms with Gasteiger partial charge in [-0.25, -0.2) is 9.18 Å². The Hall–Kier alpha value is -2.16. The highest BCUT2D eigenvalue weighted by molar-refractivity contribution is 14.1. The van der Waals surface area contributed by atoms with Crippen LogP contribution in [0.2, 0.25) is 0 Å². The zero-order valence-corrected chi connectivity index (χ0v) is 12.6. The maximum Gasteiger partial charge on any atom is 0.337 e. The van der Waals surface area contributed by atoms with Gasteiger partial charge in [-0.3, -0.25) is 4.79 Å². The van der Waals surface area contributed by atoms with Crippen molar-refractivity contribution in [1.82, 2.24) is 0 Å². The van der Waals surface area contributed by atoms with Gasteiger partial charge in [-0.15, -0.1) is 0 Å². The highest BCUT2D eigenvalue weighted by atomic mass is 127. The Morgan fingerprint density at radius 1 is 1.10 bits per heavy atom. The van der Waals surface area contributed by atoms with Crippen LogP contribution in [0.3, 0.4) is 0 Å². The summed E-state index contributed by atoms with van der Waals surface area (Å²) >= 11 is 1.95. The third-order valence-electron chi connectivity index (χ3n) is 2.66. The van der Waals surface area contributed by atoms with Crippen LogP contribution >= 0.6 is 22.6 Å². The third-order valence-corrected chi connectivity index (χ3v) is 3.34. The van der Waals surface area contributed by atoms with Crippen molar-refractivity contribution in [3.63, 3.8) is 0 Å². The minimum absolute atomic E-state index is 0.0724. The van der Waals surface area contributed by atoms with Gasteiger partial charge in [-0.05, 0) is 52.9 Å². The van der Waals surface area contributed by atoms with Crippen LogP contribution < -0.4 is 5.32 Å². The largest absolute Gasteiger partial charge is 0.507 e. The molecule has 0 unspecified atom stereocenters. The predicted octanol–water partition coefficient (Wildman–Crippen LogP) is 3.09. The van der Waals surface area contributed by atoms with Crippen LogP contribution in [-0.4, -0.2) is 22.1 Å². The van der Waals surface area contributed by atoms with Crippen LogP contribution in [0.1, 0.15) is 20.7 Å². The average Bonchev–Trinajstić information content (AvgIpc) is 2.40. The van der Waals surface area contributed by atoms with Crippen molar-refractivity contribution in [2.75, 3.05) is 5.32 Å². The van der Waals surface area contributed by atoms with E-state index in [0.29, 0.717) is 3.57 Å². The topological polar surface area (TPSA) is 86.6 Å². The van der Waals surface area contributed by atoms with Crippen LogP contribution in [0.4, 0.5) is 10.1 Å². The molecule has 0 atom stereocenters. The van der Waals surface area contributed by atoms with E-state index in [1.54, 1.807) is 6.07 Å². The first-order chi connectivity index (χ1) is 9.88. The minimum Gasteiger partial charge on any atom is -0.507 e. The number of amides is 1. The Kier molecular flexibility index (Phi) is 4.41. The number of aromatic hydroxyl groups is 1. The Labute approximate surface area is 132 Å². The van der Waals surface area contributed by atoms with Crippen LogP contribution in [-0.2, 0) is 0 Å². The summed E-state index contributed by atoms with van der Waals surface area (Å²) in [7, 11) is 0. The van der Waals surface area contributed by atoms with Gasteiger partial charge in [0.1, 0.15) is 11.6 Å². The summed E-state index contributed by atoms with van der Waals surface area (Å²) in [6, 6.07) is 7.44. The van der Waals surface area contributed by atoms with Crippen molar-refractivity contribution in [1.29, 1.82) is 0 Å². The zero-order valence-electron chi connectivity index (χ0n) is 10.4. The molecule has 2 rings (SSSR count). The molecule has 0 aromatic heterocycles. The van der Waals surface area contributed by atoms with E-state index >= 15 is 0 Å². The fraction of sp³-hybridized carbons (Fsp3) is 0. The lowest BCUT2D eigenvalue weighted by Crippen LogP contribution is -2.15. The van der Waals surface area contributed by atoms with Gasteiger partial charge in [0.2, 0.25) is 0 Å². The number of carbonyl (C=O) groups excluding carboxylic acids is 1. The second-order valence-corrected chi connectivity index (χ2v) is 5.36. The van der Waals surface area contributed by atoms with Crippen molar-refractivity contribution in [3.05, 3.63) is 56.9 Å². The van der Waals surface area contributed by atoms with Crippen molar-refractivity contribution < 1.29 is 24.2 Å². The van der Waals surface area contributed by atoms with Gasteiger partial charge in [0.15, 0.2) is 0 Å². The Balaban J connectivity index is 2.34. The molecule has 0 radical (unpaired) electrons. The van der Waals surface area contributed by atoms with Gasteiger partial charge in [0.25, 0.3) is 5.91 Å². The quantitative estimate of drug-likeness (QED) is 0.691. The van der Waals surface area contributed by atoms with Crippen LogP contribution in [0.5, 0.6) is 5.75 Å². The fourth-order valence-corrected chi connectivity index (χ4v) is 2.18. The first-order valence-corrected chi connectivity index (χ1v) is 6.79. The Bertz CT molecular complexity index is 733. The number of benzene rings is 2. The third kappa shape index (κ3) is 3.48. The molecule has 2 aromatic rings. The number of carboxylic acids is 1. The lowest BCUT2D eigenvalue weighted by Gasteiger charge is -2.10. The summed E-state index contributed by atoms with van der Waals surface area (Å²) in [5.41, 5.74) is -0.125. The van der Waals surface area contributed by atoms with Gasteiger partial charge >= 0.3 is 5.97 Å². The second kappa shape index (κ2) is 6.08. The van der Waals surface area contributed by atoms with Crippen LogP contribution in [0, 0.1) is 9.39 Å². The molecule has 2 aromatic carbocycles. The number of phenols is 1. The smallest absolute Gasteiger partial charge is 0.337 e. The van der Waals surface area contributed by atoms with Gasteiger partial charge in [-0.2, -0.15) is 0 Å². The highest BCUT2D eigenvalue weighted by Gasteiger charge is 2.16. The summed E-state index contributed by atoms with van der Waals surface area (Å²) < 4.78 is 13.6. The summed E-state index contributed by atoms with van der Waals surface area (Å²) in [4.78, 5) is 23.2. The molecular weight excluding hydrogens is 392 g/mol. The number of carboxylic acid groups (broad SMARTS) is 1. The number of nitrogens with one attached hydrogen (secondary N) is 1. The molecule has 1 amide bonds. The molecular formula is C14H9FINO4. The summed E-state index contributed by atoms with van der Waals surface area (Å²) in [6.07, 6.45) is 0. The van der Waals surface area contributed by atoms with E-state index in [-0.39, 0.29) is 16.8 Å². The molecule has 5 nitrogen and oxygen atoms in total. The molecule has 0 saturated carbocycles. The lowest BCUT2D eigenvalue weighted by atomic mass is 10.1. The number of carbonyl (C=O) groups is 2. The molecule has 7 heteroatoms. The normalized spacial score (nSPS) is 10.2. The molecule has 3 N–H and O–H groups in total.